The Morgan fingerprint density at radius 3 is 3.00 bits per heavy atom. The fraction of sp³-hybridized carbons (Fsp3) is 0.286. The van der Waals surface area contributed by atoms with Gasteiger partial charge in [-0.15, -0.1) is 0 Å². The summed E-state index contributed by atoms with van der Waals surface area (Å²) in [6.45, 7) is 2.43. The van der Waals surface area contributed by atoms with Crippen molar-refractivity contribution in [3.8, 4) is 5.88 Å². The molecule has 0 aromatic carbocycles. The molecule has 0 radical (unpaired) electrons. The second-order valence-electron chi connectivity index (χ2n) is 1.82. The van der Waals surface area contributed by atoms with Gasteiger partial charge in [-0.25, -0.2) is 0 Å². The molecule has 0 amide bonds. The summed E-state index contributed by atoms with van der Waals surface area (Å²) in [6.07, 6.45) is 1.52. The van der Waals surface area contributed by atoms with Gasteiger partial charge >= 0.3 is 5.88 Å². The maximum atomic E-state index is 9.03. The smallest absolute Gasteiger partial charge is 0.416 e. The van der Waals surface area contributed by atoms with Crippen LogP contribution in [-0.2, 0) is 0 Å². The molecule has 0 spiro atoms. The molecule has 1 aromatic rings. The van der Waals surface area contributed by atoms with Gasteiger partial charge in [-0.1, -0.05) is 0 Å². The van der Waals surface area contributed by atoms with Crippen LogP contribution in [0.15, 0.2) is 24.4 Å². The molecule has 10 heavy (non-hydrogen) atoms. The normalized spacial score (nSPS) is 9.30. The quantitative estimate of drug-likeness (QED) is 0.482. The molecule has 0 fully saturated rings. The Morgan fingerprint density at radius 1 is 1.60 bits per heavy atom. The molecule has 0 saturated carbocycles. The second kappa shape index (κ2) is 3.06. The Labute approximate surface area is 59.5 Å². The number of aromatic nitrogens is 1. The van der Waals surface area contributed by atoms with Crippen LogP contribution in [-0.4, -0.2) is 11.8 Å². The minimum atomic E-state index is 0.463. The van der Waals surface area contributed by atoms with Crippen molar-refractivity contribution in [2.45, 2.75) is 6.92 Å². The Hall–Kier alpha value is -1.25. The summed E-state index contributed by atoms with van der Waals surface area (Å²) in [6, 6.07) is 5.23. The van der Waals surface area contributed by atoms with Gasteiger partial charge in [0.1, 0.15) is 0 Å². The summed E-state index contributed by atoms with van der Waals surface area (Å²) in [5.74, 6) is 0.463. The molecule has 54 valence electrons. The van der Waals surface area contributed by atoms with Gasteiger partial charge in [-0.3, -0.25) is 5.21 Å². The van der Waals surface area contributed by atoms with Crippen molar-refractivity contribution >= 4 is 0 Å². The Balaban J connectivity index is 2.81. The Kier molecular flexibility index (Phi) is 2.10. The van der Waals surface area contributed by atoms with Gasteiger partial charge in [0.05, 0.1) is 12.7 Å². The number of rotatable bonds is 2. The van der Waals surface area contributed by atoms with E-state index in [1.807, 2.05) is 6.92 Å². The van der Waals surface area contributed by atoms with E-state index in [9.17, 15) is 0 Å². The maximum Gasteiger partial charge on any atom is 0.416 e. The third-order valence-electron chi connectivity index (χ3n) is 1.10. The summed E-state index contributed by atoms with van der Waals surface area (Å²) in [5, 5.41) is 9.03. The SMILES string of the molecule is CCOc1cccc[n+]1O. The highest BCUT2D eigenvalue weighted by Crippen LogP contribution is 1.98. The lowest BCUT2D eigenvalue weighted by atomic mass is 10.5. The maximum absolute atomic E-state index is 9.03. The van der Waals surface area contributed by atoms with E-state index >= 15 is 0 Å². The second-order valence-corrected chi connectivity index (χ2v) is 1.82. The summed E-state index contributed by atoms with van der Waals surface area (Å²) in [4.78, 5) is 0. The van der Waals surface area contributed by atoms with Crippen molar-refractivity contribution in [2.75, 3.05) is 6.61 Å². The van der Waals surface area contributed by atoms with Gasteiger partial charge < -0.3 is 4.74 Å². The van der Waals surface area contributed by atoms with Gasteiger partial charge in [-0.05, 0) is 13.0 Å². The first-order chi connectivity index (χ1) is 4.84. The van der Waals surface area contributed by atoms with E-state index < -0.39 is 0 Å². The van der Waals surface area contributed by atoms with Crippen LogP contribution >= 0.6 is 0 Å². The number of nitrogens with zero attached hydrogens (tertiary/aromatic N) is 1. The summed E-state index contributed by atoms with van der Waals surface area (Å²) < 4.78 is 6.00. The molecule has 0 unspecified atom stereocenters. The first-order valence-corrected chi connectivity index (χ1v) is 3.17. The van der Waals surface area contributed by atoms with Gasteiger partial charge in [0.15, 0.2) is 0 Å². The van der Waals surface area contributed by atoms with Crippen molar-refractivity contribution < 1.29 is 14.7 Å². The van der Waals surface area contributed by atoms with E-state index in [2.05, 4.69) is 0 Å². The lowest BCUT2D eigenvalue weighted by Gasteiger charge is -1.94. The van der Waals surface area contributed by atoms with Crippen molar-refractivity contribution in [3.63, 3.8) is 0 Å². The van der Waals surface area contributed by atoms with Crippen LogP contribution in [0.4, 0.5) is 0 Å². The van der Waals surface area contributed by atoms with E-state index in [0.717, 1.165) is 4.73 Å². The van der Waals surface area contributed by atoms with Gasteiger partial charge in [-0.2, -0.15) is 0 Å². The molecular formula is C7H10NO2+. The number of ether oxygens (including phenoxy) is 1. The van der Waals surface area contributed by atoms with Crippen LogP contribution < -0.4 is 9.47 Å². The third-order valence-corrected chi connectivity index (χ3v) is 1.10. The summed E-state index contributed by atoms with van der Waals surface area (Å²) in [7, 11) is 0. The predicted molar refractivity (Wildman–Crippen MR) is 35.0 cm³/mol. The van der Waals surface area contributed by atoms with Gasteiger partial charge in [0.2, 0.25) is 6.20 Å². The third kappa shape index (κ3) is 1.37. The highest BCUT2D eigenvalue weighted by Gasteiger charge is 2.06. The molecule has 0 saturated heterocycles. The van der Waals surface area contributed by atoms with Crippen LogP contribution in [0.3, 0.4) is 0 Å². The molecule has 0 aliphatic carbocycles. The molecule has 3 nitrogen and oxygen atoms in total. The Bertz CT molecular complexity index is 213. The minimum absolute atomic E-state index is 0.463. The van der Waals surface area contributed by atoms with Crippen molar-refractivity contribution in [3.05, 3.63) is 24.4 Å². The molecule has 1 aromatic heterocycles. The van der Waals surface area contributed by atoms with Crippen LogP contribution in [0, 0.1) is 0 Å². The summed E-state index contributed by atoms with van der Waals surface area (Å²) >= 11 is 0. The monoisotopic (exact) mass is 140 g/mol. The molecule has 1 heterocycles. The van der Waals surface area contributed by atoms with Crippen molar-refractivity contribution in [1.82, 2.24) is 0 Å². The average Bonchev–Trinajstić information content (AvgIpc) is 1.94. The zero-order valence-electron chi connectivity index (χ0n) is 5.82. The molecule has 1 rings (SSSR count). The van der Waals surface area contributed by atoms with E-state index in [-0.39, 0.29) is 0 Å². The van der Waals surface area contributed by atoms with E-state index in [0.29, 0.717) is 12.5 Å². The topological polar surface area (TPSA) is 33.3 Å². The van der Waals surface area contributed by atoms with Crippen LogP contribution in [0.5, 0.6) is 5.88 Å². The molecule has 0 aliphatic heterocycles. The number of hydrogen-bond acceptors (Lipinski definition) is 2. The number of hydrogen-bond donors (Lipinski definition) is 1. The first kappa shape index (κ1) is 6.86. The zero-order valence-corrected chi connectivity index (χ0v) is 5.82. The van der Waals surface area contributed by atoms with Gasteiger partial charge in [0, 0.05) is 10.8 Å². The zero-order chi connectivity index (χ0) is 7.40. The van der Waals surface area contributed by atoms with Crippen LogP contribution in [0.2, 0.25) is 0 Å². The fourth-order valence-electron chi connectivity index (χ4n) is 0.681. The first-order valence-electron chi connectivity index (χ1n) is 3.17. The molecule has 0 bridgehead atoms. The van der Waals surface area contributed by atoms with Crippen molar-refractivity contribution in [1.29, 1.82) is 0 Å². The van der Waals surface area contributed by atoms with Gasteiger partial charge in [0.25, 0.3) is 0 Å². The molecule has 3 heteroatoms. The molecule has 1 N–H and O–H groups in total. The summed E-state index contributed by atoms with van der Waals surface area (Å²) in [5.41, 5.74) is 0. The minimum Gasteiger partial charge on any atom is -0.442 e. The fourth-order valence-corrected chi connectivity index (χ4v) is 0.681. The standard InChI is InChI=1S/C7H10NO2/c1-2-10-7-5-3-4-6-8(7)9/h3-6,9H,2H2,1H3/q+1. The highest BCUT2D eigenvalue weighted by molar-refractivity contribution is 5.01. The lowest BCUT2D eigenvalue weighted by molar-refractivity contribution is -0.906. The van der Waals surface area contributed by atoms with Crippen LogP contribution in [0.25, 0.3) is 0 Å². The Morgan fingerprint density at radius 2 is 2.40 bits per heavy atom. The number of pyridine rings is 1. The van der Waals surface area contributed by atoms with E-state index in [1.54, 1.807) is 18.2 Å². The average molecular weight is 140 g/mol. The lowest BCUT2D eigenvalue weighted by Crippen LogP contribution is -2.31. The van der Waals surface area contributed by atoms with Crippen LogP contribution in [0.1, 0.15) is 6.92 Å². The van der Waals surface area contributed by atoms with E-state index in [1.165, 1.54) is 6.20 Å². The molecule has 0 atom stereocenters. The van der Waals surface area contributed by atoms with Crippen molar-refractivity contribution in [2.24, 2.45) is 0 Å². The molecular weight excluding hydrogens is 130 g/mol. The highest BCUT2D eigenvalue weighted by atomic mass is 16.5. The largest absolute Gasteiger partial charge is 0.442 e. The van der Waals surface area contributed by atoms with E-state index in [4.69, 9.17) is 9.94 Å². The predicted octanol–water partition coefficient (Wildman–Crippen LogP) is 0.610. The molecule has 0 aliphatic rings.